The molecule has 1 unspecified atom stereocenters. The summed E-state index contributed by atoms with van der Waals surface area (Å²) in [6.45, 7) is 3.82. The van der Waals surface area contributed by atoms with Gasteiger partial charge in [-0.1, -0.05) is 12.1 Å². The number of anilines is 1. The summed E-state index contributed by atoms with van der Waals surface area (Å²) in [6, 6.07) is 6.72. The average Bonchev–Trinajstić information content (AvgIpc) is 2.63. The third-order valence-electron chi connectivity index (χ3n) is 3.27. The molecule has 0 aromatic heterocycles. The highest BCUT2D eigenvalue weighted by atomic mass is 16.5. The standard InChI is InChI=1S/C15H20N2O4/c1-11-10-17(6-3-7-21-11)15(20)16-13-5-2-4-12(8-13)9-14(18)19/h2,4-5,8,11H,3,6-7,9-10H2,1H3,(H,16,20)(H,18,19). The molecule has 1 aliphatic rings. The van der Waals surface area contributed by atoms with Gasteiger partial charge in [0.1, 0.15) is 0 Å². The molecule has 1 fully saturated rings. The van der Waals surface area contributed by atoms with E-state index < -0.39 is 5.97 Å². The lowest BCUT2D eigenvalue weighted by molar-refractivity contribution is -0.136. The van der Waals surface area contributed by atoms with Crippen LogP contribution in [-0.2, 0) is 16.0 Å². The second kappa shape index (κ2) is 7.08. The lowest BCUT2D eigenvalue weighted by Gasteiger charge is -2.22. The first-order valence-electron chi connectivity index (χ1n) is 7.03. The van der Waals surface area contributed by atoms with E-state index in [0.29, 0.717) is 30.9 Å². The Morgan fingerprint density at radius 3 is 3.05 bits per heavy atom. The van der Waals surface area contributed by atoms with Crippen molar-refractivity contribution in [2.45, 2.75) is 25.9 Å². The van der Waals surface area contributed by atoms with E-state index in [1.54, 1.807) is 29.2 Å². The molecule has 0 saturated carbocycles. The molecular weight excluding hydrogens is 272 g/mol. The van der Waals surface area contributed by atoms with E-state index in [4.69, 9.17) is 9.84 Å². The summed E-state index contributed by atoms with van der Waals surface area (Å²) in [7, 11) is 0. The van der Waals surface area contributed by atoms with Gasteiger partial charge in [0.2, 0.25) is 0 Å². The Balaban J connectivity index is 1.99. The van der Waals surface area contributed by atoms with Crippen molar-refractivity contribution in [1.82, 2.24) is 4.90 Å². The summed E-state index contributed by atoms with van der Waals surface area (Å²) in [5, 5.41) is 11.6. The number of nitrogens with zero attached hydrogens (tertiary/aromatic N) is 1. The van der Waals surface area contributed by atoms with E-state index >= 15 is 0 Å². The molecule has 1 aliphatic heterocycles. The van der Waals surface area contributed by atoms with Crippen LogP contribution in [-0.4, -0.2) is 47.8 Å². The van der Waals surface area contributed by atoms with Crippen molar-refractivity contribution in [3.63, 3.8) is 0 Å². The van der Waals surface area contributed by atoms with Crippen LogP contribution in [0.15, 0.2) is 24.3 Å². The van der Waals surface area contributed by atoms with Crippen LogP contribution >= 0.6 is 0 Å². The van der Waals surface area contributed by atoms with Gasteiger partial charge in [-0.15, -0.1) is 0 Å². The van der Waals surface area contributed by atoms with Gasteiger partial charge in [0.25, 0.3) is 0 Å². The second-order valence-corrected chi connectivity index (χ2v) is 5.18. The number of nitrogens with one attached hydrogen (secondary N) is 1. The fraction of sp³-hybridized carbons (Fsp3) is 0.467. The third kappa shape index (κ3) is 4.75. The lowest BCUT2D eigenvalue weighted by atomic mass is 10.1. The molecule has 1 atom stereocenters. The van der Waals surface area contributed by atoms with Crippen molar-refractivity contribution in [3.8, 4) is 0 Å². The fourth-order valence-corrected chi connectivity index (χ4v) is 2.31. The SMILES string of the molecule is CC1CN(C(=O)Nc2cccc(CC(=O)O)c2)CCCO1. The van der Waals surface area contributed by atoms with Gasteiger partial charge < -0.3 is 20.1 Å². The van der Waals surface area contributed by atoms with E-state index in [2.05, 4.69) is 5.32 Å². The minimum atomic E-state index is -0.892. The Kier molecular flexibility index (Phi) is 5.16. The van der Waals surface area contributed by atoms with Crippen LogP contribution in [0, 0.1) is 0 Å². The van der Waals surface area contributed by atoms with Crippen LogP contribution in [0.5, 0.6) is 0 Å². The van der Waals surface area contributed by atoms with Gasteiger partial charge >= 0.3 is 12.0 Å². The molecule has 0 radical (unpaired) electrons. The number of benzene rings is 1. The number of carbonyl (C=O) groups excluding carboxylic acids is 1. The lowest BCUT2D eigenvalue weighted by Crippen LogP contribution is -2.38. The highest BCUT2D eigenvalue weighted by Gasteiger charge is 2.19. The Bertz CT molecular complexity index is 518. The van der Waals surface area contributed by atoms with Gasteiger partial charge in [-0.2, -0.15) is 0 Å². The number of urea groups is 1. The van der Waals surface area contributed by atoms with Gasteiger partial charge in [-0.05, 0) is 31.0 Å². The maximum absolute atomic E-state index is 12.2. The molecule has 1 aromatic carbocycles. The van der Waals surface area contributed by atoms with Crippen molar-refractivity contribution in [1.29, 1.82) is 0 Å². The van der Waals surface area contributed by atoms with Gasteiger partial charge in [0, 0.05) is 25.4 Å². The number of carbonyl (C=O) groups is 2. The molecule has 2 amide bonds. The summed E-state index contributed by atoms with van der Waals surface area (Å²) in [4.78, 5) is 24.7. The molecule has 114 valence electrons. The van der Waals surface area contributed by atoms with Crippen LogP contribution in [0.3, 0.4) is 0 Å². The molecule has 6 heteroatoms. The number of aliphatic carboxylic acids is 1. The van der Waals surface area contributed by atoms with Crippen LogP contribution in [0.1, 0.15) is 18.9 Å². The van der Waals surface area contributed by atoms with Crippen molar-refractivity contribution in [3.05, 3.63) is 29.8 Å². The smallest absolute Gasteiger partial charge is 0.321 e. The zero-order valence-corrected chi connectivity index (χ0v) is 12.0. The van der Waals surface area contributed by atoms with E-state index in [9.17, 15) is 9.59 Å². The Labute approximate surface area is 123 Å². The largest absolute Gasteiger partial charge is 0.481 e. The molecule has 0 spiro atoms. The highest BCUT2D eigenvalue weighted by molar-refractivity contribution is 5.89. The minimum absolute atomic E-state index is 0.0246. The van der Waals surface area contributed by atoms with Crippen molar-refractivity contribution < 1.29 is 19.4 Å². The maximum Gasteiger partial charge on any atom is 0.321 e. The van der Waals surface area contributed by atoms with Crippen LogP contribution < -0.4 is 5.32 Å². The number of ether oxygens (including phenoxy) is 1. The van der Waals surface area contributed by atoms with E-state index in [0.717, 1.165) is 6.42 Å². The van der Waals surface area contributed by atoms with Gasteiger partial charge in [-0.25, -0.2) is 4.79 Å². The molecular formula is C15H20N2O4. The number of rotatable bonds is 3. The molecule has 0 bridgehead atoms. The van der Waals surface area contributed by atoms with Gasteiger partial charge in [-0.3, -0.25) is 4.79 Å². The fourth-order valence-electron chi connectivity index (χ4n) is 2.31. The number of amides is 2. The Morgan fingerprint density at radius 1 is 1.48 bits per heavy atom. The van der Waals surface area contributed by atoms with E-state index in [1.807, 2.05) is 6.92 Å². The zero-order chi connectivity index (χ0) is 15.2. The van der Waals surface area contributed by atoms with Crippen LogP contribution in [0.25, 0.3) is 0 Å². The molecule has 21 heavy (non-hydrogen) atoms. The molecule has 1 aromatic rings. The average molecular weight is 292 g/mol. The topological polar surface area (TPSA) is 78.9 Å². The first-order chi connectivity index (χ1) is 10.0. The maximum atomic E-state index is 12.2. The van der Waals surface area contributed by atoms with Crippen LogP contribution in [0.2, 0.25) is 0 Å². The van der Waals surface area contributed by atoms with Crippen molar-refractivity contribution in [2.24, 2.45) is 0 Å². The number of hydrogen-bond donors (Lipinski definition) is 2. The highest BCUT2D eigenvalue weighted by Crippen LogP contribution is 2.13. The van der Waals surface area contributed by atoms with E-state index in [1.165, 1.54) is 0 Å². The van der Waals surface area contributed by atoms with Crippen molar-refractivity contribution in [2.75, 3.05) is 25.0 Å². The molecule has 1 heterocycles. The van der Waals surface area contributed by atoms with Crippen molar-refractivity contribution >= 4 is 17.7 Å². The first-order valence-corrected chi connectivity index (χ1v) is 7.03. The first kappa shape index (κ1) is 15.3. The van der Waals surface area contributed by atoms with Gasteiger partial charge in [0.05, 0.1) is 12.5 Å². The summed E-state index contributed by atoms with van der Waals surface area (Å²) < 4.78 is 5.51. The summed E-state index contributed by atoms with van der Waals surface area (Å²) in [6.07, 6.45) is 0.784. The number of carboxylic acids is 1. The second-order valence-electron chi connectivity index (χ2n) is 5.18. The molecule has 2 rings (SSSR count). The minimum Gasteiger partial charge on any atom is -0.481 e. The summed E-state index contributed by atoms with van der Waals surface area (Å²) in [5.74, 6) is -0.892. The summed E-state index contributed by atoms with van der Waals surface area (Å²) in [5.41, 5.74) is 1.27. The molecule has 0 aliphatic carbocycles. The predicted octanol–water partition coefficient (Wildman–Crippen LogP) is 1.96. The predicted molar refractivity (Wildman–Crippen MR) is 78.4 cm³/mol. The molecule has 6 nitrogen and oxygen atoms in total. The normalized spacial score (nSPS) is 18.9. The molecule has 1 saturated heterocycles. The Hall–Kier alpha value is -2.08. The molecule has 2 N–H and O–H groups in total. The van der Waals surface area contributed by atoms with Crippen LogP contribution in [0.4, 0.5) is 10.5 Å². The number of hydrogen-bond acceptors (Lipinski definition) is 3. The monoisotopic (exact) mass is 292 g/mol. The summed E-state index contributed by atoms with van der Waals surface area (Å²) >= 11 is 0. The quantitative estimate of drug-likeness (QED) is 0.892. The third-order valence-corrected chi connectivity index (χ3v) is 3.27. The zero-order valence-electron chi connectivity index (χ0n) is 12.0. The Morgan fingerprint density at radius 2 is 2.29 bits per heavy atom. The number of carboxylic acid groups (broad SMARTS) is 1. The van der Waals surface area contributed by atoms with Gasteiger partial charge in [0.15, 0.2) is 0 Å². The van der Waals surface area contributed by atoms with E-state index in [-0.39, 0.29) is 18.6 Å².